The van der Waals surface area contributed by atoms with Crippen LogP contribution in [0.4, 0.5) is 11.4 Å². The van der Waals surface area contributed by atoms with E-state index < -0.39 is 12.1 Å². The molecule has 3 aromatic rings. The summed E-state index contributed by atoms with van der Waals surface area (Å²) in [6.45, 7) is 7.68. The first-order valence-corrected chi connectivity index (χ1v) is 11.6. The van der Waals surface area contributed by atoms with E-state index in [1.54, 1.807) is 18.9 Å². The Labute approximate surface area is 205 Å². The molecule has 7 nitrogen and oxygen atoms in total. The van der Waals surface area contributed by atoms with E-state index in [1.807, 2.05) is 61.5 Å². The first-order valence-electron chi connectivity index (χ1n) is 11.6. The molecule has 0 aliphatic carbocycles. The van der Waals surface area contributed by atoms with Crippen LogP contribution in [-0.4, -0.2) is 43.4 Å². The minimum absolute atomic E-state index is 0.00783. The van der Waals surface area contributed by atoms with E-state index in [0.29, 0.717) is 17.9 Å². The van der Waals surface area contributed by atoms with Gasteiger partial charge < -0.3 is 20.4 Å². The zero-order valence-electron chi connectivity index (χ0n) is 20.2. The van der Waals surface area contributed by atoms with E-state index in [2.05, 4.69) is 23.3 Å². The van der Waals surface area contributed by atoms with E-state index in [0.717, 1.165) is 21.9 Å². The van der Waals surface area contributed by atoms with E-state index in [1.165, 1.54) is 11.0 Å². The van der Waals surface area contributed by atoms with Crippen molar-refractivity contribution in [2.45, 2.75) is 32.5 Å². The number of aryl methyl sites for hydroxylation is 1. The Kier molecular flexibility index (Phi) is 6.98. The Balaban J connectivity index is 1.84. The van der Waals surface area contributed by atoms with Gasteiger partial charge in [-0.3, -0.25) is 14.4 Å². The fourth-order valence-electron chi connectivity index (χ4n) is 4.42. The maximum Gasteiger partial charge on any atom is 0.251 e. The number of nitrogens with zero attached hydrogens (tertiary/aromatic N) is 2. The highest BCUT2D eigenvalue weighted by molar-refractivity contribution is 6.10. The first-order chi connectivity index (χ1) is 16.8. The molecule has 3 aromatic carbocycles. The van der Waals surface area contributed by atoms with Gasteiger partial charge in [0.15, 0.2) is 0 Å². The summed E-state index contributed by atoms with van der Waals surface area (Å²) in [6, 6.07) is 18.1. The molecule has 7 heteroatoms. The highest BCUT2D eigenvalue weighted by atomic mass is 16.2. The van der Waals surface area contributed by atoms with Crippen LogP contribution in [0, 0.1) is 6.92 Å². The smallest absolute Gasteiger partial charge is 0.251 e. The molecule has 0 fully saturated rings. The monoisotopic (exact) mass is 470 g/mol. The van der Waals surface area contributed by atoms with E-state index in [9.17, 15) is 14.4 Å². The number of carbonyl (C=O) groups is 3. The maximum atomic E-state index is 14.0. The van der Waals surface area contributed by atoms with Gasteiger partial charge in [0.2, 0.25) is 5.91 Å². The lowest BCUT2D eigenvalue weighted by Gasteiger charge is -2.27. The molecule has 0 spiro atoms. The zero-order valence-corrected chi connectivity index (χ0v) is 20.2. The van der Waals surface area contributed by atoms with Gasteiger partial charge in [-0.15, -0.1) is 0 Å². The second kappa shape index (κ2) is 10.1. The average molecular weight is 471 g/mol. The molecule has 0 saturated heterocycles. The number of fused-ring (bicyclic) bond motifs is 2. The fourth-order valence-corrected chi connectivity index (χ4v) is 4.42. The zero-order chi connectivity index (χ0) is 25.1. The van der Waals surface area contributed by atoms with Crippen molar-refractivity contribution in [2.24, 2.45) is 0 Å². The third-order valence-corrected chi connectivity index (χ3v) is 6.57. The lowest BCUT2D eigenvalue weighted by atomic mass is 9.99. The van der Waals surface area contributed by atoms with Gasteiger partial charge in [-0.2, -0.15) is 0 Å². The molecular weight excluding hydrogens is 440 g/mol. The summed E-state index contributed by atoms with van der Waals surface area (Å²) in [7, 11) is 1.68. The van der Waals surface area contributed by atoms with Crippen molar-refractivity contribution >= 4 is 39.9 Å². The third kappa shape index (κ3) is 4.68. The van der Waals surface area contributed by atoms with Crippen LogP contribution in [0.3, 0.4) is 0 Å². The lowest BCUT2D eigenvalue weighted by molar-refractivity contribution is -0.128. The molecule has 1 heterocycles. The Morgan fingerprint density at radius 1 is 1.09 bits per heavy atom. The van der Waals surface area contributed by atoms with E-state index >= 15 is 0 Å². The number of likely N-dealkylation sites (N-methyl/N-ethyl adjacent to an activating group) is 1. The number of benzene rings is 3. The number of hydrogen-bond acceptors (Lipinski definition) is 4. The normalized spacial score (nSPS) is 16.4. The van der Waals surface area contributed by atoms with Crippen molar-refractivity contribution in [3.63, 3.8) is 0 Å². The summed E-state index contributed by atoms with van der Waals surface area (Å²) >= 11 is 0. The topological polar surface area (TPSA) is 81.8 Å². The Bertz CT molecular complexity index is 1300. The number of anilines is 2. The highest BCUT2D eigenvalue weighted by Crippen LogP contribution is 2.35. The number of rotatable bonds is 6. The second-order valence-electron chi connectivity index (χ2n) is 8.72. The summed E-state index contributed by atoms with van der Waals surface area (Å²) in [5, 5.41) is 7.89. The largest absolute Gasteiger partial charge is 0.341 e. The predicted molar refractivity (Wildman–Crippen MR) is 139 cm³/mol. The molecule has 0 bridgehead atoms. The molecule has 2 N–H and O–H groups in total. The van der Waals surface area contributed by atoms with Gasteiger partial charge in [-0.25, -0.2) is 0 Å². The Hall–Kier alpha value is -3.97. The van der Waals surface area contributed by atoms with Crippen LogP contribution in [0.25, 0.3) is 10.8 Å². The SMILES string of the molecule is C=CC(=O)N1C[C@H](NC(=O)[C@H](C)NC)C(=O)N(Cc2c(C)ccc3ccccc23)c2ccccc21. The van der Waals surface area contributed by atoms with Crippen molar-refractivity contribution in [3.05, 3.63) is 84.4 Å². The first kappa shape index (κ1) is 24.2. The quantitative estimate of drug-likeness (QED) is 0.542. The molecule has 0 saturated carbocycles. The number of amides is 3. The van der Waals surface area contributed by atoms with Gasteiger partial charge >= 0.3 is 0 Å². The molecule has 35 heavy (non-hydrogen) atoms. The van der Waals surface area contributed by atoms with Crippen LogP contribution >= 0.6 is 0 Å². The van der Waals surface area contributed by atoms with Crippen molar-refractivity contribution in [1.82, 2.24) is 10.6 Å². The van der Waals surface area contributed by atoms with Crippen molar-refractivity contribution in [2.75, 3.05) is 23.4 Å². The Morgan fingerprint density at radius 2 is 1.77 bits per heavy atom. The molecule has 3 amide bonds. The summed E-state index contributed by atoms with van der Waals surface area (Å²) in [5.41, 5.74) is 3.28. The van der Waals surface area contributed by atoms with Gasteiger partial charge in [0.25, 0.3) is 11.8 Å². The Morgan fingerprint density at radius 3 is 2.49 bits per heavy atom. The summed E-state index contributed by atoms with van der Waals surface area (Å²) in [5.74, 6) is -0.931. The molecule has 0 radical (unpaired) electrons. The van der Waals surface area contributed by atoms with Crippen LogP contribution in [0.5, 0.6) is 0 Å². The highest BCUT2D eigenvalue weighted by Gasteiger charge is 2.37. The number of carbonyl (C=O) groups excluding carboxylic acids is 3. The number of para-hydroxylation sites is 2. The van der Waals surface area contributed by atoms with Crippen LogP contribution in [0.1, 0.15) is 18.1 Å². The van der Waals surface area contributed by atoms with Gasteiger partial charge in [-0.05, 0) is 61.0 Å². The van der Waals surface area contributed by atoms with E-state index in [4.69, 9.17) is 0 Å². The third-order valence-electron chi connectivity index (χ3n) is 6.57. The maximum absolute atomic E-state index is 14.0. The predicted octanol–water partition coefficient (Wildman–Crippen LogP) is 3.31. The molecule has 180 valence electrons. The van der Waals surface area contributed by atoms with Crippen molar-refractivity contribution < 1.29 is 14.4 Å². The molecule has 1 aliphatic heterocycles. The standard InChI is InChI=1S/C28H30N4O3/c1-5-26(33)31-17-23(30-27(34)19(3)29-4)28(35)32(25-13-9-8-12-24(25)31)16-22-18(2)14-15-20-10-6-7-11-21(20)22/h5-15,19,23,29H,1,16-17H2,2-4H3,(H,30,34)/t19-,23-/m0/s1. The van der Waals surface area contributed by atoms with Crippen LogP contribution in [0.15, 0.2) is 73.3 Å². The van der Waals surface area contributed by atoms with Crippen molar-refractivity contribution in [3.8, 4) is 0 Å². The fraction of sp³-hybridized carbons (Fsp3) is 0.250. The van der Waals surface area contributed by atoms with Crippen LogP contribution in [0.2, 0.25) is 0 Å². The van der Waals surface area contributed by atoms with Gasteiger partial charge in [-0.1, -0.05) is 55.1 Å². The summed E-state index contributed by atoms with van der Waals surface area (Å²) < 4.78 is 0. The molecular formula is C28H30N4O3. The van der Waals surface area contributed by atoms with Crippen LogP contribution < -0.4 is 20.4 Å². The van der Waals surface area contributed by atoms with Gasteiger partial charge in [0.05, 0.1) is 30.5 Å². The molecule has 4 rings (SSSR count). The molecule has 0 aromatic heterocycles. The lowest BCUT2D eigenvalue weighted by Crippen LogP contribution is -2.55. The minimum Gasteiger partial charge on any atom is -0.341 e. The second-order valence-corrected chi connectivity index (χ2v) is 8.72. The molecule has 1 aliphatic rings. The van der Waals surface area contributed by atoms with Crippen LogP contribution in [-0.2, 0) is 20.9 Å². The average Bonchev–Trinajstić information content (AvgIpc) is 2.99. The van der Waals surface area contributed by atoms with Gasteiger partial charge in [0, 0.05) is 0 Å². The van der Waals surface area contributed by atoms with Gasteiger partial charge in [0.1, 0.15) is 6.04 Å². The summed E-state index contributed by atoms with van der Waals surface area (Å²) in [6.07, 6.45) is 1.22. The number of hydrogen-bond donors (Lipinski definition) is 2. The van der Waals surface area contributed by atoms with E-state index in [-0.39, 0.29) is 24.3 Å². The summed E-state index contributed by atoms with van der Waals surface area (Å²) in [4.78, 5) is 42.8. The number of nitrogens with one attached hydrogen (secondary N) is 2. The van der Waals surface area contributed by atoms with Crippen molar-refractivity contribution in [1.29, 1.82) is 0 Å². The minimum atomic E-state index is -0.926. The molecule has 0 unspecified atom stereocenters. The molecule has 2 atom stereocenters.